The first kappa shape index (κ1) is 15.9. The van der Waals surface area contributed by atoms with Gasteiger partial charge >= 0.3 is 7.12 Å². The van der Waals surface area contributed by atoms with Crippen LogP contribution in [0.25, 0.3) is 0 Å². The lowest BCUT2D eigenvalue weighted by molar-refractivity contribution is 0.0206. The third-order valence-corrected chi connectivity index (χ3v) is 4.51. The number of hydrogen-bond acceptors (Lipinski definition) is 3. The van der Waals surface area contributed by atoms with E-state index in [1.165, 1.54) is 0 Å². The summed E-state index contributed by atoms with van der Waals surface area (Å²) in [6.07, 6.45) is 0.681. The lowest BCUT2D eigenvalue weighted by Crippen LogP contribution is -2.43. The Labute approximate surface area is 148 Å². The summed E-state index contributed by atoms with van der Waals surface area (Å²) in [5.74, 6) is 0.235. The molecule has 124 valence electrons. The Morgan fingerprint density at radius 1 is 0.680 bits per heavy atom. The highest BCUT2D eigenvalue weighted by Gasteiger charge is 2.36. The van der Waals surface area contributed by atoms with Gasteiger partial charge in [0.05, 0.1) is 12.2 Å². The summed E-state index contributed by atoms with van der Waals surface area (Å²) in [4.78, 5) is 0. The molecule has 2 atom stereocenters. The van der Waals surface area contributed by atoms with E-state index in [4.69, 9.17) is 9.31 Å². The molecule has 1 aliphatic heterocycles. The molecule has 1 heterocycles. The Kier molecular flexibility index (Phi) is 4.55. The second kappa shape index (κ2) is 7.13. The van der Waals surface area contributed by atoms with E-state index in [9.17, 15) is 5.11 Å². The highest BCUT2D eigenvalue weighted by molar-refractivity contribution is 6.61. The number of rotatable bonds is 3. The minimum Gasteiger partial charge on any atom is -0.508 e. The first-order chi connectivity index (χ1) is 12.3. The Hall–Kier alpha value is -2.56. The van der Waals surface area contributed by atoms with Crippen molar-refractivity contribution in [3.8, 4) is 5.75 Å². The largest absolute Gasteiger partial charge is 0.508 e. The number of hydrogen-bond donors (Lipinski definition) is 1. The maximum absolute atomic E-state index is 9.53. The highest BCUT2D eigenvalue weighted by Crippen LogP contribution is 2.37. The van der Waals surface area contributed by atoms with Gasteiger partial charge in [0.25, 0.3) is 0 Å². The molecule has 1 N–H and O–H groups in total. The molecule has 0 amide bonds. The summed E-state index contributed by atoms with van der Waals surface area (Å²) in [5, 5.41) is 9.53. The average Bonchev–Trinajstić information content (AvgIpc) is 2.69. The summed E-state index contributed by atoms with van der Waals surface area (Å²) in [7, 11) is -0.468. The van der Waals surface area contributed by atoms with Gasteiger partial charge in [-0.25, -0.2) is 0 Å². The van der Waals surface area contributed by atoms with Gasteiger partial charge in [-0.1, -0.05) is 72.8 Å². The van der Waals surface area contributed by atoms with E-state index < -0.39 is 7.12 Å². The van der Waals surface area contributed by atoms with E-state index >= 15 is 0 Å². The van der Waals surface area contributed by atoms with Gasteiger partial charge in [-0.2, -0.15) is 0 Å². The lowest BCUT2D eigenvalue weighted by atomic mass is 9.75. The Bertz CT molecular complexity index is 758. The molecule has 4 rings (SSSR count). The van der Waals surface area contributed by atoms with Crippen LogP contribution in [0.2, 0.25) is 0 Å². The van der Waals surface area contributed by atoms with Crippen molar-refractivity contribution in [1.29, 1.82) is 0 Å². The molecular weight excluding hydrogens is 311 g/mol. The van der Waals surface area contributed by atoms with Crippen LogP contribution in [-0.2, 0) is 9.31 Å². The van der Waals surface area contributed by atoms with Gasteiger partial charge in [0, 0.05) is 6.42 Å². The van der Waals surface area contributed by atoms with Gasteiger partial charge in [-0.3, -0.25) is 0 Å². The maximum Gasteiger partial charge on any atom is 0.494 e. The summed E-state index contributed by atoms with van der Waals surface area (Å²) >= 11 is 0. The molecule has 0 bridgehead atoms. The second-order valence-corrected chi connectivity index (χ2v) is 6.23. The van der Waals surface area contributed by atoms with Crippen LogP contribution >= 0.6 is 0 Å². The van der Waals surface area contributed by atoms with Crippen molar-refractivity contribution in [2.75, 3.05) is 0 Å². The van der Waals surface area contributed by atoms with Crippen molar-refractivity contribution in [2.45, 2.75) is 18.6 Å². The Morgan fingerprint density at radius 2 is 1.16 bits per heavy atom. The van der Waals surface area contributed by atoms with Crippen LogP contribution < -0.4 is 5.46 Å². The second-order valence-electron chi connectivity index (χ2n) is 6.23. The molecule has 3 aromatic rings. The molecule has 1 saturated heterocycles. The van der Waals surface area contributed by atoms with Crippen molar-refractivity contribution in [1.82, 2.24) is 0 Å². The average molecular weight is 330 g/mol. The topological polar surface area (TPSA) is 38.7 Å². The Morgan fingerprint density at radius 3 is 1.64 bits per heavy atom. The SMILES string of the molecule is Oc1ccc(B2OC(c3ccccc3)CC(c3ccccc3)O2)cc1. The highest BCUT2D eigenvalue weighted by atomic mass is 16.6. The minimum absolute atomic E-state index is 0.0426. The fourth-order valence-corrected chi connectivity index (χ4v) is 3.19. The third kappa shape index (κ3) is 3.60. The zero-order valence-electron chi connectivity index (χ0n) is 13.8. The first-order valence-electron chi connectivity index (χ1n) is 8.49. The molecule has 3 nitrogen and oxygen atoms in total. The molecule has 2 unspecified atom stereocenters. The third-order valence-electron chi connectivity index (χ3n) is 4.51. The van der Waals surface area contributed by atoms with Gasteiger partial charge in [0.2, 0.25) is 0 Å². The molecule has 3 aromatic carbocycles. The van der Waals surface area contributed by atoms with E-state index in [-0.39, 0.29) is 18.0 Å². The summed E-state index contributed by atoms with van der Waals surface area (Å²) in [5.41, 5.74) is 3.20. The van der Waals surface area contributed by atoms with Gasteiger partial charge in [0.15, 0.2) is 0 Å². The van der Waals surface area contributed by atoms with Crippen molar-refractivity contribution < 1.29 is 14.4 Å². The van der Waals surface area contributed by atoms with Gasteiger partial charge in [-0.15, -0.1) is 0 Å². The quantitative estimate of drug-likeness (QED) is 0.738. The molecule has 0 spiro atoms. The standard InChI is InChI=1S/C21H19BO3/c23-19-13-11-18(12-14-19)22-24-20(16-7-3-1-4-8-16)15-21(25-22)17-9-5-2-6-10-17/h1-14,20-21,23H,15H2. The van der Waals surface area contributed by atoms with E-state index in [1.54, 1.807) is 12.1 Å². The molecule has 0 aromatic heterocycles. The number of aromatic hydroxyl groups is 1. The Balaban J connectivity index is 1.66. The van der Waals surface area contributed by atoms with Crippen LogP contribution in [0.5, 0.6) is 5.75 Å². The molecular formula is C21H19BO3. The molecule has 4 heteroatoms. The summed E-state index contributed by atoms with van der Waals surface area (Å²) < 4.78 is 12.5. The van der Waals surface area contributed by atoms with Crippen LogP contribution in [0, 0.1) is 0 Å². The fourth-order valence-electron chi connectivity index (χ4n) is 3.19. The number of benzene rings is 3. The zero-order valence-corrected chi connectivity index (χ0v) is 13.8. The van der Waals surface area contributed by atoms with Crippen molar-refractivity contribution in [3.63, 3.8) is 0 Å². The van der Waals surface area contributed by atoms with Crippen molar-refractivity contribution in [2.24, 2.45) is 0 Å². The molecule has 0 radical (unpaired) electrons. The van der Waals surface area contributed by atoms with Crippen molar-refractivity contribution in [3.05, 3.63) is 96.1 Å². The maximum atomic E-state index is 9.53. The van der Waals surface area contributed by atoms with Crippen molar-refractivity contribution >= 4 is 12.6 Å². The minimum atomic E-state index is -0.468. The van der Waals surface area contributed by atoms with Gasteiger partial charge in [0.1, 0.15) is 5.75 Å². The monoisotopic (exact) mass is 330 g/mol. The molecule has 1 fully saturated rings. The predicted octanol–water partition coefficient (Wildman–Crippen LogP) is 4.01. The molecule has 1 aliphatic rings. The normalized spacial score (nSPS) is 20.4. The molecule has 0 saturated carbocycles. The number of phenolic OH excluding ortho intramolecular Hbond substituents is 1. The summed E-state index contributed by atoms with van der Waals surface area (Å²) in [6, 6.07) is 27.5. The fraction of sp³-hybridized carbons (Fsp3) is 0.143. The van der Waals surface area contributed by atoms with E-state index in [0.29, 0.717) is 0 Å². The van der Waals surface area contributed by atoms with Crippen LogP contribution in [0.4, 0.5) is 0 Å². The molecule has 25 heavy (non-hydrogen) atoms. The smallest absolute Gasteiger partial charge is 0.494 e. The van der Waals surface area contributed by atoms with E-state index in [0.717, 1.165) is 23.0 Å². The van der Waals surface area contributed by atoms with Crippen LogP contribution in [-0.4, -0.2) is 12.2 Å². The molecule has 0 aliphatic carbocycles. The predicted molar refractivity (Wildman–Crippen MR) is 98.6 cm³/mol. The van der Waals surface area contributed by atoms with E-state index in [1.807, 2.05) is 48.5 Å². The summed E-state index contributed by atoms with van der Waals surface area (Å²) in [6.45, 7) is 0. The van der Waals surface area contributed by atoms with Crippen LogP contribution in [0.1, 0.15) is 29.8 Å². The van der Waals surface area contributed by atoms with Crippen LogP contribution in [0.3, 0.4) is 0 Å². The van der Waals surface area contributed by atoms with E-state index in [2.05, 4.69) is 24.3 Å². The van der Waals surface area contributed by atoms with Crippen LogP contribution in [0.15, 0.2) is 84.9 Å². The zero-order chi connectivity index (χ0) is 17.1. The lowest BCUT2D eigenvalue weighted by Gasteiger charge is -2.35. The number of phenols is 1. The van der Waals surface area contributed by atoms with Gasteiger partial charge < -0.3 is 14.4 Å². The van der Waals surface area contributed by atoms with Gasteiger partial charge in [-0.05, 0) is 28.7 Å². The first-order valence-corrected chi connectivity index (χ1v) is 8.49.